The van der Waals surface area contributed by atoms with E-state index in [0.29, 0.717) is 5.69 Å². The Morgan fingerprint density at radius 3 is 2.83 bits per heavy atom. The monoisotopic (exact) mass is 239 g/mol. The topological polar surface area (TPSA) is 46.9 Å². The molecule has 0 saturated heterocycles. The summed E-state index contributed by atoms with van der Waals surface area (Å²) < 4.78 is 1.52. The van der Waals surface area contributed by atoms with Crippen molar-refractivity contribution in [1.29, 1.82) is 0 Å². The first kappa shape index (κ1) is 11.9. The van der Waals surface area contributed by atoms with Gasteiger partial charge in [0.25, 0.3) is 5.91 Å². The van der Waals surface area contributed by atoms with Crippen molar-refractivity contribution >= 4 is 11.6 Å². The van der Waals surface area contributed by atoms with E-state index < -0.39 is 0 Å². The number of aromatic nitrogens is 2. The summed E-state index contributed by atoms with van der Waals surface area (Å²) in [6.07, 6.45) is 5.25. The van der Waals surface area contributed by atoms with Crippen LogP contribution >= 0.6 is 0 Å². The van der Waals surface area contributed by atoms with Crippen molar-refractivity contribution < 1.29 is 4.79 Å². The van der Waals surface area contributed by atoms with Crippen LogP contribution in [0.1, 0.15) is 16.2 Å². The van der Waals surface area contributed by atoms with Crippen molar-refractivity contribution in [3.05, 3.63) is 47.8 Å². The van der Waals surface area contributed by atoms with Crippen LogP contribution in [0.2, 0.25) is 0 Å². The van der Waals surface area contributed by atoms with Gasteiger partial charge in [0.2, 0.25) is 0 Å². The van der Waals surface area contributed by atoms with Crippen molar-refractivity contribution in [2.24, 2.45) is 0 Å². The first-order valence-corrected chi connectivity index (χ1v) is 5.55. The molecule has 0 aliphatic carbocycles. The van der Waals surface area contributed by atoms with Gasteiger partial charge in [0.05, 0.1) is 5.69 Å². The van der Waals surface area contributed by atoms with Gasteiger partial charge in [-0.3, -0.25) is 4.79 Å². The molecule has 4 nitrogen and oxygen atoms in total. The van der Waals surface area contributed by atoms with Crippen LogP contribution in [0.25, 0.3) is 0 Å². The molecule has 0 bridgehead atoms. The third-order valence-electron chi connectivity index (χ3n) is 2.41. The molecule has 0 aliphatic heterocycles. The summed E-state index contributed by atoms with van der Waals surface area (Å²) in [6, 6.07) is 11.0. The van der Waals surface area contributed by atoms with Gasteiger partial charge in [-0.15, -0.1) is 6.42 Å². The number of nitrogens with zero attached hydrogens (tertiary/aromatic N) is 2. The van der Waals surface area contributed by atoms with Crippen molar-refractivity contribution in [3.63, 3.8) is 0 Å². The van der Waals surface area contributed by atoms with Crippen molar-refractivity contribution in [3.8, 4) is 12.3 Å². The Labute approximate surface area is 106 Å². The number of aryl methyl sites for hydroxylation is 1. The fraction of sp³-hybridized carbons (Fsp3) is 0.143. The molecule has 18 heavy (non-hydrogen) atoms. The molecule has 0 saturated carbocycles. The van der Waals surface area contributed by atoms with E-state index in [9.17, 15) is 4.79 Å². The zero-order valence-electron chi connectivity index (χ0n) is 10.1. The third-order valence-corrected chi connectivity index (χ3v) is 2.41. The molecule has 0 atom stereocenters. The molecule has 4 heteroatoms. The molecule has 2 aromatic rings. The standard InChI is InChI=1S/C14H13N3O/c1-3-9-17-13(10-11(2)16-17)14(18)15-12-7-5-4-6-8-12/h1,4-8,10H,9H2,2H3,(H,15,18). The maximum Gasteiger partial charge on any atom is 0.273 e. The first-order chi connectivity index (χ1) is 8.70. The molecule has 1 heterocycles. The average Bonchev–Trinajstić information content (AvgIpc) is 2.72. The fourth-order valence-corrected chi connectivity index (χ4v) is 1.65. The molecule has 0 radical (unpaired) electrons. The predicted molar refractivity (Wildman–Crippen MR) is 70.2 cm³/mol. The molecule has 0 unspecified atom stereocenters. The summed E-state index contributed by atoms with van der Waals surface area (Å²) in [7, 11) is 0. The number of terminal acetylenes is 1. The van der Waals surface area contributed by atoms with Crippen LogP contribution in [0, 0.1) is 19.3 Å². The summed E-state index contributed by atoms with van der Waals surface area (Å²) in [5.41, 5.74) is 1.98. The number of hydrogen-bond donors (Lipinski definition) is 1. The minimum Gasteiger partial charge on any atom is -0.321 e. The number of rotatable bonds is 3. The highest BCUT2D eigenvalue weighted by Crippen LogP contribution is 2.10. The lowest BCUT2D eigenvalue weighted by atomic mass is 10.3. The number of benzene rings is 1. The Morgan fingerprint density at radius 2 is 2.17 bits per heavy atom. The van der Waals surface area contributed by atoms with E-state index in [1.54, 1.807) is 6.07 Å². The quantitative estimate of drug-likeness (QED) is 0.833. The van der Waals surface area contributed by atoms with Crippen LogP contribution in [0.3, 0.4) is 0 Å². The average molecular weight is 239 g/mol. The lowest BCUT2D eigenvalue weighted by molar-refractivity contribution is 0.101. The largest absolute Gasteiger partial charge is 0.321 e. The summed E-state index contributed by atoms with van der Waals surface area (Å²) in [4.78, 5) is 12.1. The van der Waals surface area contributed by atoms with E-state index >= 15 is 0 Å². The summed E-state index contributed by atoms with van der Waals surface area (Å²) in [6.45, 7) is 2.11. The summed E-state index contributed by atoms with van der Waals surface area (Å²) >= 11 is 0. The van der Waals surface area contributed by atoms with Crippen LogP contribution in [-0.2, 0) is 6.54 Å². The fourth-order valence-electron chi connectivity index (χ4n) is 1.65. The number of amides is 1. The van der Waals surface area contributed by atoms with E-state index in [2.05, 4.69) is 16.3 Å². The van der Waals surface area contributed by atoms with E-state index in [4.69, 9.17) is 6.42 Å². The molecular weight excluding hydrogens is 226 g/mol. The van der Waals surface area contributed by atoms with E-state index in [-0.39, 0.29) is 12.5 Å². The minimum absolute atomic E-state index is 0.211. The highest BCUT2D eigenvalue weighted by Gasteiger charge is 2.13. The van der Waals surface area contributed by atoms with Crippen LogP contribution in [0.4, 0.5) is 5.69 Å². The second kappa shape index (κ2) is 5.19. The van der Waals surface area contributed by atoms with Gasteiger partial charge in [-0.05, 0) is 25.1 Å². The molecule has 1 aromatic carbocycles. The summed E-state index contributed by atoms with van der Waals surface area (Å²) in [5.74, 6) is 2.27. The van der Waals surface area contributed by atoms with Gasteiger partial charge < -0.3 is 5.32 Å². The number of carbonyl (C=O) groups is 1. The Morgan fingerprint density at radius 1 is 1.44 bits per heavy atom. The third kappa shape index (κ3) is 2.58. The van der Waals surface area contributed by atoms with Crippen LogP contribution in [0.5, 0.6) is 0 Å². The highest BCUT2D eigenvalue weighted by atomic mass is 16.2. The second-order valence-electron chi connectivity index (χ2n) is 3.85. The molecule has 1 amide bonds. The van der Waals surface area contributed by atoms with Crippen LogP contribution in [0.15, 0.2) is 36.4 Å². The zero-order chi connectivity index (χ0) is 13.0. The Kier molecular flexibility index (Phi) is 3.44. The Hall–Kier alpha value is -2.54. The molecule has 1 aromatic heterocycles. The molecule has 0 aliphatic rings. The van der Waals surface area contributed by atoms with Crippen molar-refractivity contribution in [1.82, 2.24) is 9.78 Å². The van der Waals surface area contributed by atoms with Gasteiger partial charge >= 0.3 is 0 Å². The first-order valence-electron chi connectivity index (χ1n) is 5.55. The van der Waals surface area contributed by atoms with Gasteiger partial charge in [-0.2, -0.15) is 5.10 Å². The van der Waals surface area contributed by atoms with Gasteiger partial charge in [-0.1, -0.05) is 24.1 Å². The van der Waals surface area contributed by atoms with Crippen LogP contribution in [-0.4, -0.2) is 15.7 Å². The molecular formula is C14H13N3O. The smallest absolute Gasteiger partial charge is 0.273 e. The van der Waals surface area contributed by atoms with E-state index in [1.165, 1.54) is 4.68 Å². The van der Waals surface area contributed by atoms with Crippen molar-refractivity contribution in [2.75, 3.05) is 5.32 Å². The Bertz CT molecular complexity index is 593. The number of nitrogens with one attached hydrogen (secondary N) is 1. The molecule has 0 spiro atoms. The minimum atomic E-state index is -0.211. The lowest BCUT2D eigenvalue weighted by Crippen LogP contribution is -2.17. The Balaban J connectivity index is 2.21. The zero-order valence-corrected chi connectivity index (χ0v) is 10.1. The molecule has 2 rings (SSSR count). The summed E-state index contributed by atoms with van der Waals surface area (Å²) in [5, 5.41) is 6.98. The van der Waals surface area contributed by atoms with Crippen LogP contribution < -0.4 is 5.32 Å². The number of hydrogen-bond acceptors (Lipinski definition) is 2. The SMILES string of the molecule is C#CCn1nc(C)cc1C(=O)Nc1ccccc1. The van der Waals surface area contributed by atoms with Gasteiger partial charge in [0.1, 0.15) is 12.2 Å². The number of carbonyl (C=O) groups excluding carboxylic acids is 1. The van der Waals surface area contributed by atoms with Gasteiger partial charge in [0.15, 0.2) is 0 Å². The molecule has 1 N–H and O–H groups in total. The predicted octanol–water partition coefficient (Wildman–Crippen LogP) is 2.08. The van der Waals surface area contributed by atoms with Gasteiger partial charge in [0, 0.05) is 5.69 Å². The maximum absolute atomic E-state index is 12.1. The second-order valence-corrected chi connectivity index (χ2v) is 3.85. The highest BCUT2D eigenvalue weighted by molar-refractivity contribution is 6.03. The van der Waals surface area contributed by atoms with Crippen molar-refractivity contribution in [2.45, 2.75) is 13.5 Å². The molecule has 90 valence electrons. The van der Waals surface area contributed by atoms with E-state index in [1.807, 2.05) is 37.3 Å². The molecule has 0 fully saturated rings. The van der Waals surface area contributed by atoms with E-state index in [0.717, 1.165) is 11.4 Å². The number of anilines is 1. The maximum atomic E-state index is 12.1. The number of para-hydroxylation sites is 1. The van der Waals surface area contributed by atoms with Gasteiger partial charge in [-0.25, -0.2) is 4.68 Å². The lowest BCUT2D eigenvalue weighted by Gasteiger charge is -2.05. The normalized spacial score (nSPS) is 9.78.